The molecule has 0 aliphatic heterocycles. The molecule has 2 aromatic heterocycles. The van der Waals surface area contributed by atoms with Crippen LogP contribution in [0.25, 0.3) is 10.7 Å². The fraction of sp³-hybridized carbons (Fsp3) is 0.167. The zero-order valence-corrected chi connectivity index (χ0v) is 7.68. The molecule has 0 radical (unpaired) electrons. The quantitative estimate of drug-likeness (QED) is 0.760. The molecule has 0 aromatic carbocycles. The molecule has 0 saturated heterocycles. The first-order valence-corrected chi connectivity index (χ1v) is 4.52. The third-order valence-electron chi connectivity index (χ3n) is 1.47. The minimum absolute atomic E-state index is 0.250. The maximum absolute atomic E-state index is 10.5. The van der Waals surface area contributed by atoms with Crippen molar-refractivity contribution in [2.45, 2.75) is 6.54 Å². The van der Waals surface area contributed by atoms with Crippen molar-refractivity contribution in [1.82, 2.24) is 25.2 Å². The van der Waals surface area contributed by atoms with E-state index in [4.69, 9.17) is 5.11 Å². The van der Waals surface area contributed by atoms with Crippen molar-refractivity contribution in [2.75, 3.05) is 0 Å². The number of thiazole rings is 1. The van der Waals surface area contributed by atoms with E-state index < -0.39 is 5.97 Å². The van der Waals surface area contributed by atoms with E-state index in [1.807, 2.05) is 0 Å². The van der Waals surface area contributed by atoms with Gasteiger partial charge in [-0.3, -0.25) is 9.78 Å². The van der Waals surface area contributed by atoms with Crippen molar-refractivity contribution in [3.63, 3.8) is 0 Å². The minimum atomic E-state index is -0.983. The van der Waals surface area contributed by atoms with E-state index in [0.29, 0.717) is 5.82 Å². The smallest absolute Gasteiger partial charge is 0.325 e. The molecular formula is C6H5N5O2S. The van der Waals surface area contributed by atoms with Crippen molar-refractivity contribution >= 4 is 17.3 Å². The van der Waals surface area contributed by atoms with Crippen LogP contribution in [0.3, 0.4) is 0 Å². The Hall–Kier alpha value is -1.83. The number of hydrogen-bond donors (Lipinski definition) is 1. The summed E-state index contributed by atoms with van der Waals surface area (Å²) in [4.78, 5) is 15.1. The maximum Gasteiger partial charge on any atom is 0.325 e. The molecule has 0 saturated carbocycles. The van der Waals surface area contributed by atoms with Gasteiger partial charge >= 0.3 is 5.97 Å². The second kappa shape index (κ2) is 3.50. The van der Waals surface area contributed by atoms with E-state index in [9.17, 15) is 4.79 Å². The van der Waals surface area contributed by atoms with Crippen LogP contribution < -0.4 is 0 Å². The van der Waals surface area contributed by atoms with Crippen LogP contribution in [0.2, 0.25) is 0 Å². The number of carboxylic acids is 1. The Morgan fingerprint density at radius 3 is 3.14 bits per heavy atom. The van der Waals surface area contributed by atoms with Gasteiger partial charge in [-0.2, -0.15) is 0 Å². The SMILES string of the molecule is O=C(O)Cn1nnnc1-c1cncs1. The molecule has 0 bridgehead atoms. The molecule has 7 nitrogen and oxygen atoms in total. The Morgan fingerprint density at radius 2 is 2.50 bits per heavy atom. The number of aromatic nitrogens is 5. The van der Waals surface area contributed by atoms with Crippen LogP contribution in [0.4, 0.5) is 0 Å². The van der Waals surface area contributed by atoms with Gasteiger partial charge in [-0.1, -0.05) is 0 Å². The van der Waals surface area contributed by atoms with Crippen molar-refractivity contribution in [3.05, 3.63) is 11.7 Å². The van der Waals surface area contributed by atoms with Crippen LogP contribution in [-0.4, -0.2) is 36.3 Å². The number of nitrogens with zero attached hydrogens (tertiary/aromatic N) is 5. The molecule has 0 spiro atoms. The van der Waals surface area contributed by atoms with Crippen LogP contribution in [0.5, 0.6) is 0 Å². The van der Waals surface area contributed by atoms with Crippen LogP contribution in [0.15, 0.2) is 11.7 Å². The molecule has 1 N–H and O–H groups in total. The molecule has 72 valence electrons. The Morgan fingerprint density at radius 1 is 1.64 bits per heavy atom. The van der Waals surface area contributed by atoms with Gasteiger partial charge in [-0.15, -0.1) is 16.4 Å². The van der Waals surface area contributed by atoms with E-state index in [1.165, 1.54) is 16.0 Å². The van der Waals surface area contributed by atoms with Gasteiger partial charge in [-0.05, 0) is 10.4 Å². The monoisotopic (exact) mass is 211 g/mol. The molecule has 2 aromatic rings. The van der Waals surface area contributed by atoms with E-state index in [0.717, 1.165) is 4.88 Å². The Balaban J connectivity index is 2.35. The number of carbonyl (C=O) groups is 1. The zero-order chi connectivity index (χ0) is 9.97. The predicted octanol–water partition coefficient (Wildman–Crippen LogP) is -0.119. The molecule has 8 heteroatoms. The maximum atomic E-state index is 10.5. The van der Waals surface area contributed by atoms with Gasteiger partial charge in [0, 0.05) is 6.20 Å². The summed E-state index contributed by atoms with van der Waals surface area (Å²) in [7, 11) is 0. The third kappa shape index (κ3) is 1.59. The molecule has 14 heavy (non-hydrogen) atoms. The van der Waals surface area contributed by atoms with Gasteiger partial charge in [0.1, 0.15) is 6.54 Å². The summed E-state index contributed by atoms with van der Waals surface area (Å²) < 4.78 is 1.22. The van der Waals surface area contributed by atoms with Crippen molar-refractivity contribution in [2.24, 2.45) is 0 Å². The fourth-order valence-electron chi connectivity index (χ4n) is 0.942. The molecule has 0 unspecified atom stereocenters. The van der Waals surface area contributed by atoms with Gasteiger partial charge in [0.2, 0.25) is 0 Å². The lowest BCUT2D eigenvalue weighted by Crippen LogP contribution is -2.11. The average Bonchev–Trinajstić information content (AvgIpc) is 2.70. The number of carboxylic acid groups (broad SMARTS) is 1. The standard InChI is InChI=1S/C6H5N5O2S/c12-5(13)2-11-6(8-9-10-11)4-1-7-3-14-4/h1,3H,2H2,(H,12,13). The van der Waals surface area contributed by atoms with E-state index in [2.05, 4.69) is 20.5 Å². The molecule has 2 heterocycles. The van der Waals surface area contributed by atoms with Gasteiger partial charge in [0.05, 0.1) is 10.4 Å². The first kappa shape index (κ1) is 8.75. The van der Waals surface area contributed by atoms with Gasteiger partial charge in [0.25, 0.3) is 0 Å². The third-order valence-corrected chi connectivity index (χ3v) is 2.24. The molecule has 0 aliphatic carbocycles. The summed E-state index contributed by atoms with van der Waals surface area (Å²) in [6, 6.07) is 0. The summed E-state index contributed by atoms with van der Waals surface area (Å²) in [5.74, 6) is -0.557. The van der Waals surface area contributed by atoms with Gasteiger partial charge in [0.15, 0.2) is 5.82 Å². The summed E-state index contributed by atoms with van der Waals surface area (Å²) in [6.07, 6.45) is 1.59. The van der Waals surface area contributed by atoms with Crippen LogP contribution >= 0.6 is 11.3 Å². The fourth-order valence-corrected chi connectivity index (χ4v) is 1.55. The van der Waals surface area contributed by atoms with Crippen molar-refractivity contribution in [3.8, 4) is 10.7 Å². The first-order chi connectivity index (χ1) is 6.77. The summed E-state index contributed by atoms with van der Waals surface area (Å²) in [5, 5.41) is 19.3. The zero-order valence-electron chi connectivity index (χ0n) is 6.86. The van der Waals surface area contributed by atoms with Crippen LogP contribution in [-0.2, 0) is 11.3 Å². The lowest BCUT2D eigenvalue weighted by atomic mass is 10.5. The Kier molecular flexibility index (Phi) is 2.19. The average molecular weight is 211 g/mol. The van der Waals surface area contributed by atoms with E-state index in [-0.39, 0.29) is 6.54 Å². The predicted molar refractivity (Wildman–Crippen MR) is 46.6 cm³/mol. The topological polar surface area (TPSA) is 93.8 Å². The second-order valence-corrected chi connectivity index (χ2v) is 3.31. The minimum Gasteiger partial charge on any atom is -0.480 e. The highest BCUT2D eigenvalue weighted by atomic mass is 32.1. The molecule has 0 atom stereocenters. The van der Waals surface area contributed by atoms with Gasteiger partial charge in [-0.25, -0.2) is 4.68 Å². The Labute approximate surface area is 82.0 Å². The molecule has 0 aliphatic rings. The number of hydrogen-bond acceptors (Lipinski definition) is 6. The van der Waals surface area contributed by atoms with E-state index in [1.54, 1.807) is 11.7 Å². The summed E-state index contributed by atoms with van der Waals surface area (Å²) >= 11 is 1.35. The second-order valence-electron chi connectivity index (χ2n) is 2.42. The number of aliphatic carboxylic acids is 1. The normalized spacial score (nSPS) is 10.3. The molecule has 0 fully saturated rings. The molecule has 0 amide bonds. The number of tetrazole rings is 1. The molecular weight excluding hydrogens is 206 g/mol. The number of rotatable bonds is 3. The van der Waals surface area contributed by atoms with Crippen molar-refractivity contribution < 1.29 is 9.90 Å². The van der Waals surface area contributed by atoms with Crippen LogP contribution in [0, 0.1) is 0 Å². The first-order valence-electron chi connectivity index (χ1n) is 3.64. The van der Waals surface area contributed by atoms with Gasteiger partial charge < -0.3 is 5.11 Å². The molecule has 2 rings (SSSR count). The highest BCUT2D eigenvalue weighted by Crippen LogP contribution is 2.19. The lowest BCUT2D eigenvalue weighted by molar-refractivity contribution is -0.137. The summed E-state index contributed by atoms with van der Waals surface area (Å²) in [5.41, 5.74) is 1.63. The highest BCUT2D eigenvalue weighted by molar-refractivity contribution is 7.13. The largest absolute Gasteiger partial charge is 0.480 e. The van der Waals surface area contributed by atoms with Crippen molar-refractivity contribution in [1.29, 1.82) is 0 Å². The lowest BCUT2D eigenvalue weighted by Gasteiger charge is -1.96. The summed E-state index contributed by atoms with van der Waals surface area (Å²) in [6.45, 7) is -0.250. The highest BCUT2D eigenvalue weighted by Gasteiger charge is 2.12. The Bertz CT molecular complexity index is 437. The van der Waals surface area contributed by atoms with E-state index >= 15 is 0 Å². The van der Waals surface area contributed by atoms with Crippen LogP contribution in [0.1, 0.15) is 0 Å².